The Morgan fingerprint density at radius 3 is 2.36 bits per heavy atom. The maximum absolute atomic E-state index is 13.0. The largest absolute Gasteiger partial charge is 0.366 e. The summed E-state index contributed by atoms with van der Waals surface area (Å²) < 4.78 is 0.691. The number of piperidine rings is 1. The Labute approximate surface area is 177 Å². The highest BCUT2D eigenvalue weighted by atomic mass is 35.5. The molecule has 1 saturated heterocycles. The summed E-state index contributed by atoms with van der Waals surface area (Å²) in [5.41, 5.74) is 2.18. The van der Waals surface area contributed by atoms with Gasteiger partial charge in [-0.05, 0) is 49.2 Å². The summed E-state index contributed by atoms with van der Waals surface area (Å²) >= 11 is 13.4. The number of halogens is 2. The molecule has 2 aromatic heterocycles. The zero-order valence-corrected chi connectivity index (χ0v) is 17.3. The van der Waals surface area contributed by atoms with Crippen LogP contribution in [-0.4, -0.2) is 34.7 Å². The van der Waals surface area contributed by atoms with E-state index in [1.807, 2.05) is 23.2 Å². The number of likely N-dealkylation sites (tertiary alicyclic amines) is 1. The van der Waals surface area contributed by atoms with Crippen molar-refractivity contribution in [3.63, 3.8) is 0 Å². The number of aromatic amines is 1. The van der Waals surface area contributed by atoms with Crippen molar-refractivity contribution in [2.24, 2.45) is 5.92 Å². The molecule has 0 saturated carbocycles. The molecule has 1 amide bonds. The van der Waals surface area contributed by atoms with Crippen LogP contribution in [0.5, 0.6) is 0 Å². The van der Waals surface area contributed by atoms with Crippen molar-refractivity contribution in [1.82, 2.24) is 9.88 Å². The normalized spacial score (nSPS) is 15.0. The Bertz CT molecular complexity index is 1000. The van der Waals surface area contributed by atoms with Gasteiger partial charge in [-0.2, -0.15) is 0 Å². The maximum Gasteiger partial charge on any atom is 0.256 e. The van der Waals surface area contributed by atoms with E-state index in [0.717, 1.165) is 10.4 Å². The number of nitrogens with zero attached hydrogens (tertiary/aromatic N) is 1. The van der Waals surface area contributed by atoms with Crippen molar-refractivity contribution in [1.29, 1.82) is 0 Å². The first-order valence-corrected chi connectivity index (χ1v) is 10.6. The van der Waals surface area contributed by atoms with E-state index in [1.165, 1.54) is 11.3 Å². The Balaban J connectivity index is 1.43. The summed E-state index contributed by atoms with van der Waals surface area (Å²) in [4.78, 5) is 31.5. The zero-order valence-electron chi connectivity index (χ0n) is 15.0. The molecular formula is C21H18Cl2N2O2S. The minimum absolute atomic E-state index is 0.0156. The highest BCUT2D eigenvalue weighted by molar-refractivity contribution is 7.19. The van der Waals surface area contributed by atoms with Gasteiger partial charge in [-0.25, -0.2) is 0 Å². The number of hydrogen-bond acceptors (Lipinski definition) is 3. The predicted molar refractivity (Wildman–Crippen MR) is 114 cm³/mol. The second-order valence-corrected chi connectivity index (χ2v) is 8.98. The van der Waals surface area contributed by atoms with Gasteiger partial charge in [-0.15, -0.1) is 11.3 Å². The number of benzene rings is 1. The standard InChI is InChI=1S/C21H18Cl2N2O2S/c22-15-3-1-13(2-4-15)20(26)14-7-9-25(10-8-14)21(27)17-12-24-11-16(17)18-5-6-19(23)28-18/h1-6,11-12,14,24H,7-10H2. The lowest BCUT2D eigenvalue weighted by Crippen LogP contribution is -2.40. The van der Waals surface area contributed by atoms with Crippen molar-refractivity contribution < 1.29 is 9.59 Å². The van der Waals surface area contributed by atoms with E-state index in [9.17, 15) is 9.59 Å². The van der Waals surface area contributed by atoms with Gasteiger partial charge in [-0.1, -0.05) is 23.2 Å². The van der Waals surface area contributed by atoms with E-state index in [0.29, 0.717) is 46.4 Å². The van der Waals surface area contributed by atoms with Gasteiger partial charge in [0, 0.05) is 52.4 Å². The van der Waals surface area contributed by atoms with Crippen LogP contribution in [0.3, 0.4) is 0 Å². The number of aromatic nitrogens is 1. The van der Waals surface area contributed by atoms with Crippen LogP contribution in [0.1, 0.15) is 33.6 Å². The SMILES string of the molecule is O=C(c1ccc(Cl)cc1)C1CCN(C(=O)c2c[nH]cc2-c2ccc(Cl)s2)CC1. The second-order valence-electron chi connectivity index (χ2n) is 6.82. The number of ketones is 1. The fourth-order valence-corrected chi connectivity index (χ4v) is 4.77. The molecule has 3 heterocycles. The average molecular weight is 433 g/mol. The molecule has 0 unspecified atom stereocenters. The smallest absolute Gasteiger partial charge is 0.256 e. The van der Waals surface area contributed by atoms with Gasteiger partial charge in [0.1, 0.15) is 0 Å². The average Bonchev–Trinajstić information content (AvgIpc) is 3.36. The second kappa shape index (κ2) is 8.11. The van der Waals surface area contributed by atoms with Crippen LogP contribution in [0.25, 0.3) is 10.4 Å². The molecule has 28 heavy (non-hydrogen) atoms. The number of carbonyl (C=O) groups is 2. The van der Waals surface area contributed by atoms with E-state index in [4.69, 9.17) is 23.2 Å². The van der Waals surface area contributed by atoms with E-state index >= 15 is 0 Å². The fourth-order valence-electron chi connectivity index (χ4n) is 3.57. The number of amides is 1. The molecule has 144 valence electrons. The third-order valence-electron chi connectivity index (χ3n) is 5.10. The van der Waals surface area contributed by atoms with Crippen LogP contribution < -0.4 is 0 Å². The molecule has 4 nitrogen and oxygen atoms in total. The van der Waals surface area contributed by atoms with Crippen molar-refractivity contribution in [2.75, 3.05) is 13.1 Å². The number of Topliss-reactive ketones (excluding diaryl/α,β-unsaturated/α-hetero) is 1. The quantitative estimate of drug-likeness (QED) is 0.530. The van der Waals surface area contributed by atoms with Crippen molar-refractivity contribution in [2.45, 2.75) is 12.8 Å². The molecule has 0 bridgehead atoms. The van der Waals surface area contributed by atoms with Gasteiger partial charge in [0.25, 0.3) is 5.91 Å². The summed E-state index contributed by atoms with van der Waals surface area (Å²) in [6.07, 6.45) is 4.89. The van der Waals surface area contributed by atoms with E-state index < -0.39 is 0 Å². The Morgan fingerprint density at radius 2 is 1.71 bits per heavy atom. The molecular weight excluding hydrogens is 415 g/mol. The van der Waals surface area contributed by atoms with Crippen LogP contribution in [0.15, 0.2) is 48.8 Å². The Morgan fingerprint density at radius 1 is 1.00 bits per heavy atom. The number of H-pyrrole nitrogens is 1. The van der Waals surface area contributed by atoms with Gasteiger partial charge < -0.3 is 9.88 Å². The first kappa shape index (κ1) is 19.2. The summed E-state index contributed by atoms with van der Waals surface area (Å²) in [7, 11) is 0. The molecule has 0 spiro atoms. The maximum atomic E-state index is 13.0. The van der Waals surface area contributed by atoms with Crippen molar-refractivity contribution in [3.05, 3.63) is 69.3 Å². The Kier molecular flexibility index (Phi) is 5.58. The van der Waals surface area contributed by atoms with Gasteiger partial charge in [0.2, 0.25) is 0 Å². The monoisotopic (exact) mass is 432 g/mol. The lowest BCUT2D eigenvalue weighted by atomic mass is 9.88. The molecule has 0 aliphatic carbocycles. The van der Waals surface area contributed by atoms with E-state index in [1.54, 1.807) is 30.5 Å². The molecule has 0 atom stereocenters. The van der Waals surface area contributed by atoms with Crippen LogP contribution in [-0.2, 0) is 0 Å². The van der Waals surface area contributed by atoms with E-state index in [2.05, 4.69) is 4.98 Å². The number of nitrogens with one attached hydrogen (secondary N) is 1. The van der Waals surface area contributed by atoms with Crippen LogP contribution >= 0.6 is 34.5 Å². The number of carbonyl (C=O) groups excluding carboxylic acids is 2. The van der Waals surface area contributed by atoms with Crippen molar-refractivity contribution >= 4 is 46.2 Å². The molecule has 4 rings (SSSR count). The third kappa shape index (κ3) is 3.88. The highest BCUT2D eigenvalue weighted by Gasteiger charge is 2.29. The molecule has 0 radical (unpaired) electrons. The molecule has 7 heteroatoms. The lowest BCUT2D eigenvalue weighted by molar-refractivity contribution is 0.0651. The highest BCUT2D eigenvalue weighted by Crippen LogP contribution is 2.34. The molecule has 3 aromatic rings. The number of hydrogen-bond donors (Lipinski definition) is 1. The minimum Gasteiger partial charge on any atom is -0.366 e. The van der Waals surface area contributed by atoms with Gasteiger partial charge in [-0.3, -0.25) is 9.59 Å². The van der Waals surface area contributed by atoms with Gasteiger partial charge >= 0.3 is 0 Å². The molecule has 1 N–H and O–H groups in total. The molecule has 1 aliphatic heterocycles. The predicted octanol–water partition coefficient (Wildman–Crippen LogP) is 5.79. The van der Waals surface area contributed by atoms with Crippen LogP contribution in [0.4, 0.5) is 0 Å². The fraction of sp³-hybridized carbons (Fsp3) is 0.238. The zero-order chi connectivity index (χ0) is 19.7. The number of rotatable bonds is 4. The molecule has 1 aromatic carbocycles. The summed E-state index contributed by atoms with van der Waals surface area (Å²) in [5.74, 6) is 0.0458. The lowest BCUT2D eigenvalue weighted by Gasteiger charge is -2.31. The topological polar surface area (TPSA) is 53.2 Å². The van der Waals surface area contributed by atoms with Gasteiger partial charge in [0.05, 0.1) is 9.90 Å². The summed E-state index contributed by atoms with van der Waals surface area (Å²) in [6, 6.07) is 10.7. The molecule has 1 aliphatic rings. The van der Waals surface area contributed by atoms with Crippen LogP contribution in [0.2, 0.25) is 9.36 Å². The van der Waals surface area contributed by atoms with Crippen LogP contribution in [0, 0.1) is 5.92 Å². The summed E-state index contributed by atoms with van der Waals surface area (Å²) in [6.45, 7) is 1.14. The number of thiophene rings is 1. The summed E-state index contributed by atoms with van der Waals surface area (Å²) in [5, 5.41) is 0.617. The van der Waals surface area contributed by atoms with E-state index in [-0.39, 0.29) is 17.6 Å². The Hall–Kier alpha value is -2.08. The minimum atomic E-state index is -0.0629. The molecule has 1 fully saturated rings. The van der Waals surface area contributed by atoms with Gasteiger partial charge in [0.15, 0.2) is 5.78 Å². The third-order valence-corrected chi connectivity index (χ3v) is 6.61. The van der Waals surface area contributed by atoms with Crippen molar-refractivity contribution in [3.8, 4) is 10.4 Å². The first-order valence-electron chi connectivity index (χ1n) is 9.04. The first-order chi connectivity index (χ1) is 13.5.